The van der Waals surface area contributed by atoms with Crippen LogP contribution >= 0.6 is 0 Å². The molecule has 148 valence electrons. The molecule has 3 aromatic rings. The van der Waals surface area contributed by atoms with E-state index >= 15 is 0 Å². The molecule has 0 saturated carbocycles. The van der Waals surface area contributed by atoms with Crippen molar-refractivity contribution in [3.63, 3.8) is 0 Å². The Kier molecular flexibility index (Phi) is 5.35. The van der Waals surface area contributed by atoms with Gasteiger partial charge in [0.25, 0.3) is 0 Å². The third kappa shape index (κ3) is 3.69. The van der Waals surface area contributed by atoms with E-state index in [1.165, 1.54) is 6.92 Å². The lowest BCUT2D eigenvalue weighted by Gasteiger charge is -2.38. The average molecular weight is 388 g/mol. The summed E-state index contributed by atoms with van der Waals surface area (Å²) in [7, 11) is 0. The lowest BCUT2D eigenvalue weighted by atomic mass is 9.85. The Morgan fingerprint density at radius 3 is 2.29 bits per heavy atom. The summed E-state index contributed by atoms with van der Waals surface area (Å²) < 4.78 is 41.7. The molecule has 0 radical (unpaired) electrons. The van der Waals surface area contributed by atoms with Gasteiger partial charge in [-0.15, -0.1) is 0 Å². The van der Waals surface area contributed by atoms with Crippen LogP contribution in [0.3, 0.4) is 0 Å². The Morgan fingerprint density at radius 2 is 1.68 bits per heavy atom. The van der Waals surface area contributed by atoms with Gasteiger partial charge in [0.15, 0.2) is 5.60 Å². The number of pyridine rings is 1. The summed E-state index contributed by atoms with van der Waals surface area (Å²) in [5.74, 6) is 0. The highest BCUT2D eigenvalue weighted by molar-refractivity contribution is 5.91. The molecule has 0 amide bonds. The topological polar surface area (TPSA) is 45.1 Å². The molecule has 3 nitrogen and oxygen atoms in total. The number of hydrogen-bond acceptors (Lipinski definition) is 3. The number of aryl methyl sites for hydroxylation is 2. The molecule has 3 rings (SSSR count). The van der Waals surface area contributed by atoms with Gasteiger partial charge < -0.3 is 10.4 Å². The number of nitrogens with zero attached hydrogens (tertiary/aromatic N) is 1. The minimum absolute atomic E-state index is 0.365. The van der Waals surface area contributed by atoms with E-state index in [2.05, 4.69) is 10.3 Å². The van der Waals surface area contributed by atoms with E-state index in [9.17, 15) is 18.3 Å². The van der Waals surface area contributed by atoms with E-state index < -0.39 is 24.2 Å². The Hall–Kier alpha value is -2.60. The van der Waals surface area contributed by atoms with Crippen LogP contribution in [0.1, 0.15) is 36.2 Å². The van der Waals surface area contributed by atoms with Crippen LogP contribution in [0.4, 0.5) is 18.9 Å². The highest BCUT2D eigenvalue weighted by Crippen LogP contribution is 2.44. The zero-order valence-electron chi connectivity index (χ0n) is 16.0. The van der Waals surface area contributed by atoms with Gasteiger partial charge in [0.2, 0.25) is 0 Å². The van der Waals surface area contributed by atoms with Gasteiger partial charge in [-0.25, -0.2) is 0 Å². The number of aromatic nitrogens is 1. The van der Waals surface area contributed by atoms with Gasteiger partial charge in [0.05, 0.1) is 11.6 Å². The van der Waals surface area contributed by atoms with Crippen molar-refractivity contribution in [2.45, 2.75) is 45.0 Å². The summed E-state index contributed by atoms with van der Waals surface area (Å²) >= 11 is 0. The minimum Gasteiger partial charge on any atom is -0.379 e. The molecule has 0 aliphatic heterocycles. The van der Waals surface area contributed by atoms with E-state index in [1.807, 2.05) is 32.0 Å². The lowest BCUT2D eigenvalue weighted by molar-refractivity contribution is -0.267. The molecule has 0 aliphatic carbocycles. The fourth-order valence-corrected chi connectivity index (χ4v) is 3.34. The number of aliphatic hydroxyl groups is 1. The Bertz CT molecular complexity index is 970. The number of nitrogens with one attached hydrogen (secondary N) is 1. The molecular weight excluding hydrogens is 365 g/mol. The van der Waals surface area contributed by atoms with Crippen molar-refractivity contribution in [1.29, 1.82) is 0 Å². The molecule has 0 spiro atoms. The first-order valence-corrected chi connectivity index (χ1v) is 9.14. The maximum atomic E-state index is 13.9. The molecule has 2 atom stereocenters. The molecule has 0 fully saturated rings. The molecule has 2 aromatic carbocycles. The SMILES string of the molecule is CCC(O)(C(Nc1cccc2nc(C)ccc12)c1ccc(C)cc1)C(F)(F)F. The first-order valence-electron chi connectivity index (χ1n) is 9.14. The quantitative estimate of drug-likeness (QED) is 0.589. The zero-order chi connectivity index (χ0) is 20.5. The van der Waals surface area contributed by atoms with Gasteiger partial charge in [0.1, 0.15) is 0 Å². The van der Waals surface area contributed by atoms with Crippen molar-refractivity contribution in [3.05, 3.63) is 71.4 Å². The smallest absolute Gasteiger partial charge is 0.379 e. The van der Waals surface area contributed by atoms with Crippen LogP contribution in [0.5, 0.6) is 0 Å². The fourth-order valence-electron chi connectivity index (χ4n) is 3.34. The van der Waals surface area contributed by atoms with Gasteiger partial charge in [-0.1, -0.05) is 42.8 Å². The van der Waals surface area contributed by atoms with Crippen LogP contribution in [0.15, 0.2) is 54.6 Å². The van der Waals surface area contributed by atoms with E-state index in [0.717, 1.165) is 11.3 Å². The molecule has 0 saturated heterocycles. The highest BCUT2D eigenvalue weighted by atomic mass is 19.4. The van der Waals surface area contributed by atoms with Crippen molar-refractivity contribution in [2.24, 2.45) is 0 Å². The predicted octanol–water partition coefficient (Wildman–Crippen LogP) is 5.71. The van der Waals surface area contributed by atoms with Gasteiger partial charge in [-0.2, -0.15) is 13.2 Å². The van der Waals surface area contributed by atoms with E-state index in [4.69, 9.17) is 0 Å². The molecule has 6 heteroatoms. The minimum atomic E-state index is -4.80. The van der Waals surface area contributed by atoms with Crippen molar-refractivity contribution in [2.75, 3.05) is 5.32 Å². The zero-order valence-corrected chi connectivity index (χ0v) is 16.0. The highest BCUT2D eigenvalue weighted by Gasteiger charge is 2.57. The van der Waals surface area contributed by atoms with Crippen LogP contribution < -0.4 is 5.32 Å². The average Bonchev–Trinajstić information content (AvgIpc) is 2.65. The summed E-state index contributed by atoms with van der Waals surface area (Å²) in [6, 6.07) is 14.2. The second-order valence-electron chi connectivity index (χ2n) is 7.09. The summed E-state index contributed by atoms with van der Waals surface area (Å²) in [4.78, 5) is 4.43. The van der Waals surface area contributed by atoms with Crippen molar-refractivity contribution < 1.29 is 18.3 Å². The Labute approximate surface area is 162 Å². The van der Waals surface area contributed by atoms with Crippen LogP contribution in [0.2, 0.25) is 0 Å². The number of rotatable bonds is 5. The molecular formula is C22H23F3N2O. The van der Waals surface area contributed by atoms with Gasteiger partial charge in [-0.05, 0) is 50.1 Å². The van der Waals surface area contributed by atoms with E-state index in [1.54, 1.807) is 36.4 Å². The van der Waals surface area contributed by atoms with Gasteiger partial charge in [0, 0.05) is 16.8 Å². The largest absolute Gasteiger partial charge is 0.419 e. The number of anilines is 1. The Balaban J connectivity index is 2.14. The number of fused-ring (bicyclic) bond motifs is 1. The fraction of sp³-hybridized carbons (Fsp3) is 0.318. The summed E-state index contributed by atoms with van der Waals surface area (Å²) in [5, 5.41) is 14.4. The number of halogens is 3. The third-order valence-electron chi connectivity index (χ3n) is 5.09. The van der Waals surface area contributed by atoms with Crippen LogP contribution in [0, 0.1) is 13.8 Å². The van der Waals surface area contributed by atoms with Crippen LogP contribution in [-0.4, -0.2) is 21.9 Å². The maximum absolute atomic E-state index is 13.9. The van der Waals surface area contributed by atoms with Gasteiger partial charge >= 0.3 is 6.18 Å². The first kappa shape index (κ1) is 20.1. The van der Waals surface area contributed by atoms with E-state index in [0.29, 0.717) is 22.2 Å². The van der Waals surface area contributed by atoms with Crippen molar-refractivity contribution in [1.82, 2.24) is 4.98 Å². The monoisotopic (exact) mass is 388 g/mol. The molecule has 1 heterocycles. The molecule has 0 aliphatic rings. The molecule has 1 aromatic heterocycles. The van der Waals surface area contributed by atoms with Gasteiger partial charge in [-0.3, -0.25) is 4.98 Å². The molecule has 2 unspecified atom stereocenters. The van der Waals surface area contributed by atoms with Crippen LogP contribution in [-0.2, 0) is 0 Å². The Morgan fingerprint density at radius 1 is 1.00 bits per heavy atom. The maximum Gasteiger partial charge on any atom is 0.419 e. The van der Waals surface area contributed by atoms with Crippen molar-refractivity contribution in [3.8, 4) is 0 Å². The van der Waals surface area contributed by atoms with E-state index in [-0.39, 0.29) is 0 Å². The standard InChI is InChI=1S/C22H23F3N2O/c1-4-21(28,22(23,24)25)20(16-11-8-14(2)9-12-16)27-19-7-5-6-18-17(19)13-10-15(3)26-18/h5-13,20,27-28H,4H2,1-3H3. The third-order valence-corrected chi connectivity index (χ3v) is 5.09. The number of alkyl halides is 3. The summed E-state index contributed by atoms with van der Waals surface area (Å²) in [6.07, 6.45) is -5.28. The first-order chi connectivity index (χ1) is 13.2. The lowest BCUT2D eigenvalue weighted by Crippen LogP contribution is -2.52. The molecule has 0 bridgehead atoms. The summed E-state index contributed by atoms with van der Waals surface area (Å²) in [6.45, 7) is 5.05. The number of benzene rings is 2. The molecule has 2 N–H and O–H groups in total. The normalized spacial score (nSPS) is 15.2. The number of hydrogen-bond donors (Lipinski definition) is 2. The molecule has 28 heavy (non-hydrogen) atoms. The summed E-state index contributed by atoms with van der Waals surface area (Å²) in [5.41, 5.74) is 0.359. The van der Waals surface area contributed by atoms with Crippen LogP contribution in [0.25, 0.3) is 10.9 Å². The second-order valence-corrected chi connectivity index (χ2v) is 7.09. The second kappa shape index (κ2) is 7.43. The van der Waals surface area contributed by atoms with Crippen molar-refractivity contribution >= 4 is 16.6 Å². The predicted molar refractivity (Wildman–Crippen MR) is 105 cm³/mol.